The van der Waals surface area contributed by atoms with Crippen LogP contribution in [0.3, 0.4) is 0 Å². The Bertz CT molecular complexity index is 850. The molecule has 2 amide bonds. The lowest BCUT2D eigenvalue weighted by molar-refractivity contribution is -0.122. The standard InChI is InChI=1S/C22H27ClFN3O3/c1-6-17(11-15(2)13-27(4)5)22(29)25-10-9-16(3)26-21(28)14-30-18-7-8-19(23)20(24)12-18/h6-8,11-12H,1-3,9-10,13-14H2,4-5H3,(H,25,29)(H,26,28)/b17-11+. The number of benzene rings is 1. The first-order valence-corrected chi connectivity index (χ1v) is 9.50. The van der Waals surface area contributed by atoms with Gasteiger partial charge in [0.05, 0.1) is 5.02 Å². The predicted octanol–water partition coefficient (Wildman–Crippen LogP) is 3.22. The second-order valence-corrected chi connectivity index (χ2v) is 7.13. The van der Waals surface area contributed by atoms with Crippen LogP contribution in [-0.4, -0.2) is 50.5 Å². The molecule has 0 aliphatic rings. The molecule has 0 unspecified atom stereocenters. The fourth-order valence-corrected chi connectivity index (χ4v) is 2.45. The molecule has 1 aromatic rings. The molecule has 1 rings (SSSR count). The van der Waals surface area contributed by atoms with Gasteiger partial charge < -0.3 is 20.3 Å². The van der Waals surface area contributed by atoms with Crippen molar-refractivity contribution in [2.45, 2.75) is 6.42 Å². The summed E-state index contributed by atoms with van der Waals surface area (Å²) < 4.78 is 18.6. The molecule has 0 aliphatic heterocycles. The maximum atomic E-state index is 13.3. The van der Waals surface area contributed by atoms with E-state index in [1.807, 2.05) is 19.0 Å². The van der Waals surface area contributed by atoms with Gasteiger partial charge in [0.1, 0.15) is 11.6 Å². The van der Waals surface area contributed by atoms with E-state index in [0.29, 0.717) is 24.2 Å². The molecule has 0 radical (unpaired) electrons. The van der Waals surface area contributed by atoms with Crippen molar-refractivity contribution in [3.63, 3.8) is 0 Å². The Labute approximate surface area is 181 Å². The third-order valence-corrected chi connectivity index (χ3v) is 3.96. The summed E-state index contributed by atoms with van der Waals surface area (Å²) in [5.74, 6) is -1.19. The summed E-state index contributed by atoms with van der Waals surface area (Å²) in [4.78, 5) is 26.1. The fourth-order valence-electron chi connectivity index (χ4n) is 2.33. The Morgan fingerprint density at radius 2 is 2.00 bits per heavy atom. The predicted molar refractivity (Wildman–Crippen MR) is 118 cm³/mol. The van der Waals surface area contributed by atoms with Crippen molar-refractivity contribution in [1.82, 2.24) is 15.5 Å². The first kappa shape index (κ1) is 25.1. The number of nitrogens with zero attached hydrogens (tertiary/aromatic N) is 1. The van der Waals surface area contributed by atoms with Gasteiger partial charge >= 0.3 is 0 Å². The molecule has 0 fully saturated rings. The molecule has 162 valence electrons. The van der Waals surface area contributed by atoms with Crippen LogP contribution in [0, 0.1) is 5.82 Å². The van der Waals surface area contributed by atoms with E-state index in [2.05, 4.69) is 30.4 Å². The van der Waals surface area contributed by atoms with Crippen LogP contribution in [0.2, 0.25) is 5.02 Å². The van der Waals surface area contributed by atoms with E-state index in [0.717, 1.165) is 11.6 Å². The van der Waals surface area contributed by atoms with Gasteiger partial charge in [0.25, 0.3) is 11.8 Å². The largest absolute Gasteiger partial charge is 0.484 e. The van der Waals surface area contributed by atoms with E-state index in [4.69, 9.17) is 16.3 Å². The highest BCUT2D eigenvalue weighted by Crippen LogP contribution is 2.20. The molecule has 0 bridgehead atoms. The van der Waals surface area contributed by atoms with E-state index in [9.17, 15) is 14.0 Å². The Morgan fingerprint density at radius 1 is 1.30 bits per heavy atom. The van der Waals surface area contributed by atoms with Gasteiger partial charge in [-0.1, -0.05) is 37.4 Å². The number of hydrogen-bond donors (Lipinski definition) is 2. The number of hydrogen-bond acceptors (Lipinski definition) is 4. The van der Waals surface area contributed by atoms with Gasteiger partial charge in [0, 0.05) is 36.8 Å². The molecule has 6 nitrogen and oxygen atoms in total. The smallest absolute Gasteiger partial charge is 0.262 e. The van der Waals surface area contributed by atoms with Crippen LogP contribution >= 0.6 is 11.6 Å². The second kappa shape index (κ2) is 12.6. The highest BCUT2D eigenvalue weighted by atomic mass is 35.5. The van der Waals surface area contributed by atoms with Crippen LogP contribution < -0.4 is 15.4 Å². The number of carbonyl (C=O) groups excluding carboxylic acids is 2. The number of likely N-dealkylation sites (N-methyl/N-ethyl adjacent to an activating group) is 1. The molecule has 1 aromatic carbocycles. The van der Waals surface area contributed by atoms with E-state index in [-0.39, 0.29) is 29.8 Å². The van der Waals surface area contributed by atoms with Crippen LogP contribution in [0.5, 0.6) is 5.75 Å². The number of amides is 2. The molecule has 2 N–H and O–H groups in total. The Hall–Kier alpha value is -2.90. The van der Waals surface area contributed by atoms with Crippen molar-refractivity contribution in [3.8, 4) is 5.75 Å². The van der Waals surface area contributed by atoms with Crippen LogP contribution in [-0.2, 0) is 9.59 Å². The topological polar surface area (TPSA) is 70.7 Å². The molecule has 0 aliphatic carbocycles. The normalized spacial score (nSPS) is 11.0. The number of rotatable bonds is 12. The van der Waals surface area contributed by atoms with Gasteiger partial charge in [-0.05, 0) is 37.9 Å². The minimum atomic E-state index is -0.632. The van der Waals surface area contributed by atoms with Gasteiger partial charge in [-0.3, -0.25) is 9.59 Å². The number of carbonyl (C=O) groups is 2. The van der Waals surface area contributed by atoms with Crippen LogP contribution in [0.4, 0.5) is 4.39 Å². The molecular formula is C22H27ClFN3O3. The third-order valence-electron chi connectivity index (χ3n) is 3.65. The molecule has 0 heterocycles. The summed E-state index contributed by atoms with van der Waals surface area (Å²) >= 11 is 5.59. The van der Waals surface area contributed by atoms with Crippen molar-refractivity contribution in [2.24, 2.45) is 0 Å². The van der Waals surface area contributed by atoms with Crippen molar-refractivity contribution in [3.05, 3.63) is 77.8 Å². The minimum Gasteiger partial charge on any atom is -0.484 e. The van der Waals surface area contributed by atoms with E-state index >= 15 is 0 Å². The van der Waals surface area contributed by atoms with Crippen LogP contribution in [0.15, 0.2) is 66.9 Å². The zero-order valence-electron chi connectivity index (χ0n) is 17.3. The van der Waals surface area contributed by atoms with E-state index < -0.39 is 11.7 Å². The fraction of sp³-hybridized carbons (Fsp3) is 0.273. The number of ether oxygens (including phenoxy) is 1. The summed E-state index contributed by atoms with van der Waals surface area (Å²) in [7, 11) is 3.82. The van der Waals surface area contributed by atoms with Crippen LogP contribution in [0.25, 0.3) is 0 Å². The quantitative estimate of drug-likeness (QED) is 0.390. The van der Waals surface area contributed by atoms with Gasteiger partial charge in [-0.15, -0.1) is 0 Å². The zero-order valence-corrected chi connectivity index (χ0v) is 18.0. The molecule has 8 heteroatoms. The van der Waals surface area contributed by atoms with Gasteiger partial charge in [0.15, 0.2) is 6.61 Å². The van der Waals surface area contributed by atoms with Crippen molar-refractivity contribution < 1.29 is 18.7 Å². The second-order valence-electron chi connectivity index (χ2n) is 6.72. The van der Waals surface area contributed by atoms with E-state index in [1.54, 1.807) is 6.08 Å². The minimum absolute atomic E-state index is 0.0290. The summed E-state index contributed by atoms with van der Waals surface area (Å²) in [5, 5.41) is 5.27. The molecule has 0 spiro atoms. The van der Waals surface area contributed by atoms with Crippen LogP contribution in [0.1, 0.15) is 6.42 Å². The summed E-state index contributed by atoms with van der Waals surface area (Å²) in [6.07, 6.45) is 3.47. The Morgan fingerprint density at radius 3 is 2.60 bits per heavy atom. The summed E-state index contributed by atoms with van der Waals surface area (Å²) in [6.45, 7) is 11.9. The van der Waals surface area contributed by atoms with Gasteiger partial charge in [-0.25, -0.2) is 4.39 Å². The number of nitrogens with one attached hydrogen (secondary N) is 2. The lowest BCUT2D eigenvalue weighted by Gasteiger charge is -2.12. The van der Waals surface area contributed by atoms with Gasteiger partial charge in [0.2, 0.25) is 0 Å². The maximum Gasteiger partial charge on any atom is 0.262 e. The van der Waals surface area contributed by atoms with Crippen molar-refractivity contribution >= 4 is 23.4 Å². The lowest BCUT2D eigenvalue weighted by Crippen LogP contribution is -2.31. The van der Waals surface area contributed by atoms with Gasteiger partial charge in [-0.2, -0.15) is 0 Å². The zero-order chi connectivity index (χ0) is 22.7. The average molecular weight is 436 g/mol. The summed E-state index contributed by atoms with van der Waals surface area (Å²) in [5.41, 5.74) is 1.59. The molecule has 0 saturated heterocycles. The molecule has 0 aromatic heterocycles. The molecule has 30 heavy (non-hydrogen) atoms. The Kier molecular flexibility index (Phi) is 10.6. The maximum absolute atomic E-state index is 13.3. The van der Waals surface area contributed by atoms with E-state index in [1.165, 1.54) is 18.2 Å². The molecule has 0 saturated carbocycles. The highest BCUT2D eigenvalue weighted by molar-refractivity contribution is 6.30. The molecule has 0 atom stereocenters. The SMILES string of the molecule is C=C/C(=C\C(=C)CN(C)C)C(=O)NCCC(=C)NC(=O)COc1ccc(Cl)c(F)c1. The average Bonchev–Trinajstić information content (AvgIpc) is 2.66. The Balaban J connectivity index is 2.39. The lowest BCUT2D eigenvalue weighted by atomic mass is 10.1. The molecular weight excluding hydrogens is 409 g/mol. The van der Waals surface area contributed by atoms with Crippen molar-refractivity contribution in [2.75, 3.05) is 33.8 Å². The van der Waals surface area contributed by atoms with Crippen molar-refractivity contribution in [1.29, 1.82) is 0 Å². The highest BCUT2D eigenvalue weighted by Gasteiger charge is 2.09. The first-order chi connectivity index (χ1) is 14.1. The summed E-state index contributed by atoms with van der Waals surface area (Å²) in [6, 6.07) is 3.90. The monoisotopic (exact) mass is 435 g/mol. The third kappa shape index (κ3) is 9.54. The number of halogens is 2. The first-order valence-electron chi connectivity index (χ1n) is 9.12.